The Kier molecular flexibility index (Phi) is 3.88. The van der Waals surface area contributed by atoms with Gasteiger partial charge in [-0.3, -0.25) is 0 Å². The molecule has 106 valence electrons. The molecule has 3 nitrogen and oxygen atoms in total. The highest BCUT2D eigenvalue weighted by atomic mass is 35.5. The van der Waals surface area contributed by atoms with Gasteiger partial charge in [-0.15, -0.1) is 0 Å². The number of nitrogens with zero attached hydrogens (tertiary/aromatic N) is 2. The van der Waals surface area contributed by atoms with E-state index in [0.717, 1.165) is 11.3 Å². The molecule has 0 N–H and O–H groups in total. The lowest BCUT2D eigenvalue weighted by Gasteiger charge is -2.10. The van der Waals surface area contributed by atoms with E-state index in [-0.39, 0.29) is 12.4 Å². The van der Waals surface area contributed by atoms with Crippen LogP contribution in [-0.2, 0) is 6.61 Å². The number of hydrogen-bond acceptors (Lipinski definition) is 2. The van der Waals surface area contributed by atoms with E-state index >= 15 is 0 Å². The summed E-state index contributed by atoms with van der Waals surface area (Å²) in [4.78, 5) is 0. The fourth-order valence-electron chi connectivity index (χ4n) is 1.96. The maximum Gasteiger partial charge on any atom is 0.138 e. The van der Waals surface area contributed by atoms with Crippen LogP contribution in [0.2, 0.25) is 5.02 Å². The Balaban J connectivity index is 1.74. The van der Waals surface area contributed by atoms with E-state index in [2.05, 4.69) is 5.10 Å². The highest BCUT2D eigenvalue weighted by Crippen LogP contribution is 2.27. The molecule has 0 atom stereocenters. The van der Waals surface area contributed by atoms with Gasteiger partial charge in [-0.1, -0.05) is 23.7 Å². The minimum atomic E-state index is -0.281. The van der Waals surface area contributed by atoms with Gasteiger partial charge in [0.05, 0.1) is 10.7 Å². The number of benzene rings is 2. The summed E-state index contributed by atoms with van der Waals surface area (Å²) in [5.74, 6) is 0.271. The van der Waals surface area contributed by atoms with E-state index in [1.165, 1.54) is 12.1 Å². The number of ether oxygens (including phenoxy) is 1. The predicted molar refractivity (Wildman–Crippen MR) is 79.3 cm³/mol. The van der Waals surface area contributed by atoms with E-state index in [1.54, 1.807) is 35.1 Å². The Morgan fingerprint density at radius 2 is 2.05 bits per heavy atom. The van der Waals surface area contributed by atoms with Crippen molar-refractivity contribution < 1.29 is 9.13 Å². The zero-order valence-electron chi connectivity index (χ0n) is 11.0. The van der Waals surface area contributed by atoms with Gasteiger partial charge >= 0.3 is 0 Å². The highest BCUT2D eigenvalue weighted by Gasteiger charge is 2.05. The monoisotopic (exact) mass is 302 g/mol. The van der Waals surface area contributed by atoms with Crippen molar-refractivity contribution in [3.8, 4) is 11.4 Å². The van der Waals surface area contributed by atoms with Gasteiger partial charge in [0.2, 0.25) is 0 Å². The molecule has 3 rings (SSSR count). The molecule has 0 bridgehead atoms. The molecule has 1 aromatic heterocycles. The van der Waals surface area contributed by atoms with Crippen LogP contribution in [0, 0.1) is 5.82 Å². The highest BCUT2D eigenvalue weighted by molar-refractivity contribution is 6.32. The van der Waals surface area contributed by atoms with Crippen LogP contribution in [0.1, 0.15) is 5.56 Å². The van der Waals surface area contributed by atoms with Crippen molar-refractivity contribution in [2.24, 2.45) is 0 Å². The smallest absolute Gasteiger partial charge is 0.138 e. The molecular weight excluding hydrogens is 291 g/mol. The molecular formula is C16H12ClFN2O. The molecule has 0 amide bonds. The molecule has 0 saturated heterocycles. The van der Waals surface area contributed by atoms with E-state index in [9.17, 15) is 4.39 Å². The molecule has 0 fully saturated rings. The molecule has 0 spiro atoms. The fraction of sp³-hybridized carbons (Fsp3) is 0.0625. The van der Waals surface area contributed by atoms with Gasteiger partial charge in [-0.05, 0) is 42.0 Å². The largest absolute Gasteiger partial charge is 0.487 e. The molecule has 0 aliphatic rings. The zero-order chi connectivity index (χ0) is 14.7. The molecule has 0 aliphatic heterocycles. The van der Waals surface area contributed by atoms with Crippen molar-refractivity contribution in [3.05, 3.63) is 77.3 Å². The summed E-state index contributed by atoms with van der Waals surface area (Å²) < 4.78 is 20.4. The lowest BCUT2D eigenvalue weighted by Crippen LogP contribution is -1.98. The van der Waals surface area contributed by atoms with E-state index in [4.69, 9.17) is 16.3 Å². The Morgan fingerprint density at radius 1 is 1.14 bits per heavy atom. The standard InChI is InChI=1S/C16H12ClFN2O/c17-15-10-14(20-8-2-7-19-20)5-6-16(15)21-11-12-3-1-4-13(18)9-12/h1-10H,11H2. The van der Waals surface area contributed by atoms with Crippen LogP contribution in [0.3, 0.4) is 0 Å². The second-order valence-electron chi connectivity index (χ2n) is 4.48. The van der Waals surface area contributed by atoms with Crippen molar-refractivity contribution in [2.75, 3.05) is 0 Å². The average molecular weight is 303 g/mol. The summed E-state index contributed by atoms with van der Waals surface area (Å²) in [6.07, 6.45) is 3.53. The van der Waals surface area contributed by atoms with Gasteiger partial charge in [0, 0.05) is 12.4 Å². The van der Waals surface area contributed by atoms with Crippen LogP contribution >= 0.6 is 11.6 Å². The van der Waals surface area contributed by atoms with Gasteiger partial charge in [0.1, 0.15) is 18.2 Å². The van der Waals surface area contributed by atoms with Crippen LogP contribution < -0.4 is 4.74 Å². The maximum absolute atomic E-state index is 13.1. The number of halogens is 2. The van der Waals surface area contributed by atoms with Crippen molar-refractivity contribution in [1.82, 2.24) is 9.78 Å². The summed E-state index contributed by atoms with van der Waals surface area (Å²) in [6, 6.07) is 13.5. The minimum absolute atomic E-state index is 0.262. The lowest BCUT2D eigenvalue weighted by atomic mass is 10.2. The van der Waals surface area contributed by atoms with Gasteiger partial charge in [-0.25, -0.2) is 9.07 Å². The first-order chi connectivity index (χ1) is 10.2. The third-order valence-corrected chi connectivity index (χ3v) is 3.26. The average Bonchev–Trinajstić information content (AvgIpc) is 3.00. The topological polar surface area (TPSA) is 27.1 Å². The summed E-state index contributed by atoms with van der Waals surface area (Å²) >= 11 is 6.20. The van der Waals surface area contributed by atoms with Crippen molar-refractivity contribution in [1.29, 1.82) is 0 Å². The molecule has 1 heterocycles. The third kappa shape index (κ3) is 3.23. The Morgan fingerprint density at radius 3 is 2.76 bits per heavy atom. The Labute approximate surface area is 126 Å². The predicted octanol–water partition coefficient (Wildman–Crippen LogP) is 4.24. The first kappa shape index (κ1) is 13.6. The van der Waals surface area contributed by atoms with Crippen LogP contribution in [0.25, 0.3) is 5.69 Å². The van der Waals surface area contributed by atoms with Crippen LogP contribution in [-0.4, -0.2) is 9.78 Å². The Bertz CT molecular complexity index is 744. The molecule has 2 aromatic carbocycles. The normalized spacial score (nSPS) is 10.6. The quantitative estimate of drug-likeness (QED) is 0.720. The number of rotatable bonds is 4. The molecule has 0 aliphatic carbocycles. The van der Waals surface area contributed by atoms with Crippen molar-refractivity contribution in [2.45, 2.75) is 6.61 Å². The van der Waals surface area contributed by atoms with Gasteiger partial charge in [0.15, 0.2) is 0 Å². The third-order valence-electron chi connectivity index (χ3n) is 2.97. The summed E-state index contributed by atoms with van der Waals surface area (Å²) in [5, 5.41) is 4.62. The molecule has 3 aromatic rings. The zero-order valence-corrected chi connectivity index (χ0v) is 11.8. The Hall–Kier alpha value is -2.33. The minimum Gasteiger partial charge on any atom is -0.487 e. The molecule has 0 unspecified atom stereocenters. The van der Waals surface area contributed by atoms with Gasteiger partial charge < -0.3 is 4.74 Å². The van der Waals surface area contributed by atoms with Crippen LogP contribution in [0.15, 0.2) is 60.9 Å². The van der Waals surface area contributed by atoms with E-state index in [0.29, 0.717) is 10.8 Å². The van der Waals surface area contributed by atoms with Crippen LogP contribution in [0.4, 0.5) is 4.39 Å². The summed E-state index contributed by atoms with van der Waals surface area (Å²) in [7, 11) is 0. The SMILES string of the molecule is Fc1cccc(COc2ccc(-n3cccn3)cc2Cl)c1. The molecule has 5 heteroatoms. The van der Waals surface area contributed by atoms with E-state index < -0.39 is 0 Å². The maximum atomic E-state index is 13.1. The van der Waals surface area contributed by atoms with Gasteiger partial charge in [0.25, 0.3) is 0 Å². The molecule has 21 heavy (non-hydrogen) atoms. The van der Waals surface area contributed by atoms with Crippen molar-refractivity contribution >= 4 is 11.6 Å². The second-order valence-corrected chi connectivity index (χ2v) is 4.89. The number of aromatic nitrogens is 2. The van der Waals surface area contributed by atoms with Crippen molar-refractivity contribution in [3.63, 3.8) is 0 Å². The second kappa shape index (κ2) is 5.97. The number of hydrogen-bond donors (Lipinski definition) is 0. The molecule has 0 saturated carbocycles. The van der Waals surface area contributed by atoms with Crippen LogP contribution in [0.5, 0.6) is 5.75 Å². The molecule has 0 radical (unpaired) electrons. The lowest BCUT2D eigenvalue weighted by molar-refractivity contribution is 0.305. The first-order valence-corrected chi connectivity index (χ1v) is 6.77. The summed E-state index contributed by atoms with van der Waals surface area (Å²) in [5.41, 5.74) is 1.60. The van der Waals surface area contributed by atoms with Gasteiger partial charge in [-0.2, -0.15) is 5.10 Å². The van der Waals surface area contributed by atoms with E-state index in [1.807, 2.05) is 18.3 Å². The summed E-state index contributed by atoms with van der Waals surface area (Å²) in [6.45, 7) is 0.262. The fourth-order valence-corrected chi connectivity index (χ4v) is 2.19. The first-order valence-electron chi connectivity index (χ1n) is 6.39.